The Morgan fingerprint density at radius 1 is 1.27 bits per heavy atom. The highest BCUT2D eigenvalue weighted by Gasteiger charge is 1.99. The molecular formula is C11H13N3O. The molecular weight excluding hydrogens is 190 g/mol. The largest absolute Gasteiger partial charge is 0.390 e. The summed E-state index contributed by atoms with van der Waals surface area (Å²) in [4.78, 5) is 4.04. The van der Waals surface area contributed by atoms with E-state index in [0.29, 0.717) is 12.2 Å². The lowest BCUT2D eigenvalue weighted by Crippen LogP contribution is -1.96. The van der Waals surface area contributed by atoms with Crippen molar-refractivity contribution in [2.75, 3.05) is 0 Å². The smallest absolute Gasteiger partial charge is 0.0996 e. The van der Waals surface area contributed by atoms with Crippen LogP contribution in [0.15, 0.2) is 36.8 Å². The number of aromatic nitrogens is 2. The third-order valence-electron chi connectivity index (χ3n) is 2.27. The van der Waals surface area contributed by atoms with Crippen molar-refractivity contribution in [3.63, 3.8) is 0 Å². The van der Waals surface area contributed by atoms with Crippen LogP contribution >= 0.6 is 0 Å². The molecule has 1 aromatic heterocycles. The molecule has 78 valence electrons. The fourth-order valence-corrected chi connectivity index (χ4v) is 1.39. The van der Waals surface area contributed by atoms with Crippen LogP contribution in [0.5, 0.6) is 0 Å². The molecule has 0 radical (unpaired) electrons. The summed E-state index contributed by atoms with van der Waals surface area (Å²) in [6.07, 6.45) is 3.49. The molecule has 0 bridgehead atoms. The molecule has 0 atom stereocenters. The van der Waals surface area contributed by atoms with Crippen molar-refractivity contribution in [2.24, 2.45) is 5.73 Å². The molecule has 1 heterocycles. The summed E-state index contributed by atoms with van der Waals surface area (Å²) in [5, 5.41) is 8.89. The summed E-state index contributed by atoms with van der Waals surface area (Å²) >= 11 is 0. The topological polar surface area (TPSA) is 64.1 Å². The maximum Gasteiger partial charge on any atom is 0.0996 e. The van der Waals surface area contributed by atoms with E-state index in [-0.39, 0.29) is 6.61 Å². The average molecular weight is 203 g/mol. The Hall–Kier alpha value is -1.65. The first kappa shape index (κ1) is 9.89. The normalized spacial score (nSPS) is 10.5. The highest BCUT2D eigenvalue weighted by atomic mass is 16.3. The minimum Gasteiger partial charge on any atom is -0.390 e. The van der Waals surface area contributed by atoms with Crippen LogP contribution in [-0.4, -0.2) is 14.7 Å². The van der Waals surface area contributed by atoms with E-state index in [0.717, 1.165) is 11.3 Å². The molecule has 0 saturated carbocycles. The summed E-state index contributed by atoms with van der Waals surface area (Å²) in [7, 11) is 0. The minimum atomic E-state index is -0.0338. The molecule has 4 heteroatoms. The molecule has 2 aromatic rings. The molecule has 0 aliphatic rings. The van der Waals surface area contributed by atoms with Crippen molar-refractivity contribution in [3.8, 4) is 5.69 Å². The van der Waals surface area contributed by atoms with Gasteiger partial charge >= 0.3 is 0 Å². The fraction of sp³-hybridized carbons (Fsp3) is 0.182. The molecule has 2 rings (SSSR count). The van der Waals surface area contributed by atoms with E-state index < -0.39 is 0 Å². The summed E-state index contributed by atoms with van der Waals surface area (Å²) in [5.74, 6) is 0. The first-order valence-corrected chi connectivity index (χ1v) is 4.76. The van der Waals surface area contributed by atoms with Crippen molar-refractivity contribution < 1.29 is 5.11 Å². The number of aliphatic hydroxyl groups excluding tert-OH is 1. The summed E-state index contributed by atoms with van der Waals surface area (Å²) in [6.45, 7) is 0.514. The molecule has 0 spiro atoms. The number of aliphatic hydroxyl groups is 1. The van der Waals surface area contributed by atoms with Crippen molar-refractivity contribution >= 4 is 0 Å². The Labute approximate surface area is 88.0 Å². The summed E-state index contributed by atoms with van der Waals surface area (Å²) in [6, 6.07) is 7.91. The van der Waals surface area contributed by atoms with Crippen LogP contribution in [0.1, 0.15) is 11.3 Å². The highest BCUT2D eigenvalue weighted by Crippen LogP contribution is 2.10. The van der Waals surface area contributed by atoms with Crippen LogP contribution in [-0.2, 0) is 13.2 Å². The zero-order chi connectivity index (χ0) is 10.7. The van der Waals surface area contributed by atoms with Crippen LogP contribution in [0.3, 0.4) is 0 Å². The van der Waals surface area contributed by atoms with E-state index in [4.69, 9.17) is 10.8 Å². The Kier molecular flexibility index (Phi) is 2.80. The second-order valence-corrected chi connectivity index (χ2v) is 3.30. The zero-order valence-corrected chi connectivity index (χ0v) is 8.30. The lowest BCUT2D eigenvalue weighted by molar-refractivity contribution is 0.277. The standard InChI is InChI=1S/C11H13N3O/c12-5-9-1-3-11(4-2-9)14-6-10(7-15)13-8-14/h1-4,6,8,15H,5,7,12H2. The van der Waals surface area contributed by atoms with Crippen LogP contribution in [0.25, 0.3) is 5.69 Å². The predicted molar refractivity (Wildman–Crippen MR) is 57.4 cm³/mol. The van der Waals surface area contributed by atoms with E-state index in [1.54, 1.807) is 12.5 Å². The quantitative estimate of drug-likeness (QED) is 0.776. The van der Waals surface area contributed by atoms with Gasteiger partial charge in [-0.2, -0.15) is 0 Å². The maximum atomic E-state index is 8.89. The number of benzene rings is 1. The number of nitrogens with zero attached hydrogens (tertiary/aromatic N) is 2. The number of hydrogen-bond donors (Lipinski definition) is 2. The van der Waals surface area contributed by atoms with Gasteiger partial charge in [0.1, 0.15) is 0 Å². The van der Waals surface area contributed by atoms with E-state index in [1.807, 2.05) is 28.8 Å². The SMILES string of the molecule is NCc1ccc(-n2cnc(CO)c2)cc1. The lowest BCUT2D eigenvalue weighted by atomic mass is 10.2. The Bertz CT molecular complexity index is 433. The van der Waals surface area contributed by atoms with Gasteiger partial charge in [0.25, 0.3) is 0 Å². The summed E-state index contributed by atoms with van der Waals surface area (Å²) < 4.78 is 1.87. The Morgan fingerprint density at radius 2 is 2.00 bits per heavy atom. The lowest BCUT2D eigenvalue weighted by Gasteiger charge is -2.02. The first-order valence-electron chi connectivity index (χ1n) is 4.76. The van der Waals surface area contributed by atoms with Gasteiger partial charge in [0.2, 0.25) is 0 Å². The molecule has 4 nitrogen and oxygen atoms in total. The van der Waals surface area contributed by atoms with Crippen LogP contribution in [0, 0.1) is 0 Å². The fourth-order valence-electron chi connectivity index (χ4n) is 1.39. The highest BCUT2D eigenvalue weighted by molar-refractivity contribution is 5.34. The van der Waals surface area contributed by atoms with Crippen LogP contribution in [0.4, 0.5) is 0 Å². The third kappa shape index (κ3) is 2.06. The van der Waals surface area contributed by atoms with Crippen molar-refractivity contribution in [3.05, 3.63) is 48.0 Å². The molecule has 3 N–H and O–H groups in total. The van der Waals surface area contributed by atoms with Crippen LogP contribution < -0.4 is 5.73 Å². The van der Waals surface area contributed by atoms with E-state index in [9.17, 15) is 0 Å². The van der Waals surface area contributed by atoms with E-state index >= 15 is 0 Å². The summed E-state index contributed by atoms with van der Waals surface area (Å²) in [5.41, 5.74) is 8.29. The number of hydrogen-bond acceptors (Lipinski definition) is 3. The second-order valence-electron chi connectivity index (χ2n) is 3.30. The van der Waals surface area contributed by atoms with Crippen molar-refractivity contribution in [2.45, 2.75) is 13.2 Å². The average Bonchev–Trinajstić information content (AvgIpc) is 2.78. The second kappa shape index (κ2) is 4.25. The molecule has 0 saturated heterocycles. The Balaban J connectivity index is 2.28. The maximum absolute atomic E-state index is 8.89. The van der Waals surface area contributed by atoms with Gasteiger partial charge in [-0.25, -0.2) is 4.98 Å². The van der Waals surface area contributed by atoms with Gasteiger partial charge in [-0.15, -0.1) is 0 Å². The minimum absolute atomic E-state index is 0.0338. The van der Waals surface area contributed by atoms with Crippen LogP contribution in [0.2, 0.25) is 0 Å². The van der Waals surface area contributed by atoms with Gasteiger partial charge in [-0.05, 0) is 17.7 Å². The third-order valence-corrected chi connectivity index (χ3v) is 2.27. The monoisotopic (exact) mass is 203 g/mol. The zero-order valence-electron chi connectivity index (χ0n) is 8.30. The molecule has 0 aliphatic heterocycles. The van der Waals surface area contributed by atoms with Gasteiger partial charge in [0, 0.05) is 18.4 Å². The molecule has 0 unspecified atom stereocenters. The molecule has 0 amide bonds. The molecule has 0 aliphatic carbocycles. The van der Waals surface area contributed by atoms with Crippen molar-refractivity contribution in [1.82, 2.24) is 9.55 Å². The van der Waals surface area contributed by atoms with Gasteiger partial charge < -0.3 is 15.4 Å². The Morgan fingerprint density at radius 3 is 2.53 bits per heavy atom. The van der Waals surface area contributed by atoms with E-state index in [2.05, 4.69) is 4.98 Å². The number of imidazole rings is 1. The predicted octanol–water partition coefficient (Wildman–Crippen LogP) is 0.823. The molecule has 0 fully saturated rings. The first-order chi connectivity index (χ1) is 7.33. The molecule has 1 aromatic carbocycles. The van der Waals surface area contributed by atoms with Gasteiger partial charge in [0.05, 0.1) is 18.6 Å². The van der Waals surface area contributed by atoms with Gasteiger partial charge in [0.15, 0.2) is 0 Å². The van der Waals surface area contributed by atoms with E-state index in [1.165, 1.54) is 0 Å². The van der Waals surface area contributed by atoms with Gasteiger partial charge in [-0.3, -0.25) is 0 Å². The molecule has 15 heavy (non-hydrogen) atoms. The number of nitrogens with two attached hydrogens (primary N) is 1. The number of rotatable bonds is 3. The van der Waals surface area contributed by atoms with Crippen molar-refractivity contribution in [1.29, 1.82) is 0 Å². The van der Waals surface area contributed by atoms with Gasteiger partial charge in [-0.1, -0.05) is 12.1 Å².